The molecule has 1 aliphatic rings. The Morgan fingerprint density at radius 2 is 1.57 bits per heavy atom. The van der Waals surface area contributed by atoms with Gasteiger partial charge in [0.1, 0.15) is 5.75 Å². The van der Waals surface area contributed by atoms with Crippen LogP contribution in [0.1, 0.15) is 18.4 Å². The summed E-state index contributed by atoms with van der Waals surface area (Å²) in [5, 5.41) is 19.7. The molecule has 1 heterocycles. The van der Waals surface area contributed by atoms with Gasteiger partial charge < -0.3 is 20.7 Å². The summed E-state index contributed by atoms with van der Waals surface area (Å²) in [7, 11) is 1.58. The fraction of sp³-hybridized carbons (Fsp3) is 0.138. The second-order valence-corrected chi connectivity index (χ2v) is 9.23. The van der Waals surface area contributed by atoms with E-state index in [1.165, 1.54) is 11.8 Å². The van der Waals surface area contributed by atoms with E-state index in [4.69, 9.17) is 4.74 Å². The van der Waals surface area contributed by atoms with E-state index in [2.05, 4.69) is 22.0 Å². The second-order valence-electron chi connectivity index (χ2n) is 8.25. The van der Waals surface area contributed by atoms with E-state index in [0.29, 0.717) is 39.0 Å². The highest BCUT2D eigenvalue weighted by Crippen LogP contribution is 2.41. The summed E-state index contributed by atoms with van der Waals surface area (Å²) in [6.07, 6.45) is 0. The third-order valence-corrected chi connectivity index (χ3v) is 6.80. The summed E-state index contributed by atoms with van der Waals surface area (Å²) in [6, 6.07) is 28.0. The zero-order chi connectivity index (χ0) is 26.2. The van der Waals surface area contributed by atoms with Crippen LogP contribution < -0.4 is 20.7 Å². The van der Waals surface area contributed by atoms with Crippen molar-refractivity contribution in [2.24, 2.45) is 0 Å². The van der Waals surface area contributed by atoms with E-state index < -0.39 is 5.92 Å². The highest BCUT2D eigenvalue weighted by Gasteiger charge is 2.34. The molecule has 0 spiro atoms. The van der Waals surface area contributed by atoms with Crippen molar-refractivity contribution in [2.75, 3.05) is 23.5 Å². The number of para-hydroxylation sites is 1. The molecular formula is C29H26N4O3S. The zero-order valence-corrected chi connectivity index (χ0v) is 21.3. The number of carbonyl (C=O) groups is 2. The second kappa shape index (κ2) is 12.0. The van der Waals surface area contributed by atoms with Crippen LogP contribution in [0.5, 0.6) is 5.75 Å². The third-order valence-electron chi connectivity index (χ3n) is 5.78. The Morgan fingerprint density at radius 3 is 2.19 bits per heavy atom. The first kappa shape index (κ1) is 25.6. The molecule has 0 aliphatic carbocycles. The Balaban J connectivity index is 1.60. The normalized spacial score (nSPS) is 14.9. The molecule has 2 amide bonds. The molecule has 0 bridgehead atoms. The summed E-state index contributed by atoms with van der Waals surface area (Å²) in [5.41, 5.74) is 3.57. The molecule has 1 atom stereocenters. The van der Waals surface area contributed by atoms with Gasteiger partial charge in [-0.05, 0) is 48.9 Å². The van der Waals surface area contributed by atoms with E-state index in [-0.39, 0.29) is 17.6 Å². The first-order valence-corrected chi connectivity index (χ1v) is 12.6. The first-order chi connectivity index (χ1) is 18.0. The van der Waals surface area contributed by atoms with E-state index in [0.717, 1.165) is 5.56 Å². The van der Waals surface area contributed by atoms with Gasteiger partial charge in [-0.25, -0.2) is 0 Å². The maximum absolute atomic E-state index is 13.5. The van der Waals surface area contributed by atoms with Crippen LogP contribution in [-0.2, 0) is 9.59 Å². The number of hydrogen-bond acceptors (Lipinski definition) is 6. The molecule has 1 aliphatic heterocycles. The van der Waals surface area contributed by atoms with Gasteiger partial charge in [0.25, 0.3) is 5.91 Å². The average molecular weight is 511 g/mol. The predicted molar refractivity (Wildman–Crippen MR) is 147 cm³/mol. The Kier molecular flexibility index (Phi) is 8.29. The van der Waals surface area contributed by atoms with Crippen molar-refractivity contribution < 1.29 is 14.3 Å². The number of thioether (sulfide) groups is 1. The monoisotopic (exact) mass is 510 g/mol. The summed E-state index contributed by atoms with van der Waals surface area (Å²) in [4.78, 5) is 26.1. The average Bonchev–Trinajstić information content (AvgIpc) is 2.92. The van der Waals surface area contributed by atoms with Gasteiger partial charge in [0.05, 0.1) is 35.5 Å². The molecule has 0 unspecified atom stereocenters. The molecule has 4 rings (SSSR count). The van der Waals surface area contributed by atoms with Crippen LogP contribution in [0.2, 0.25) is 0 Å². The molecule has 8 heteroatoms. The van der Waals surface area contributed by atoms with Crippen molar-refractivity contribution in [1.29, 1.82) is 5.26 Å². The molecule has 0 radical (unpaired) electrons. The van der Waals surface area contributed by atoms with Gasteiger partial charge >= 0.3 is 0 Å². The number of nitrogens with one attached hydrogen (secondary N) is 3. The summed E-state index contributed by atoms with van der Waals surface area (Å²) < 4.78 is 5.19. The van der Waals surface area contributed by atoms with Crippen molar-refractivity contribution in [3.05, 3.63) is 112 Å². The van der Waals surface area contributed by atoms with Crippen LogP contribution >= 0.6 is 11.8 Å². The summed E-state index contributed by atoms with van der Waals surface area (Å²) >= 11 is 1.24. The van der Waals surface area contributed by atoms with Gasteiger partial charge in [-0.2, -0.15) is 5.26 Å². The molecule has 186 valence electrons. The van der Waals surface area contributed by atoms with Gasteiger partial charge in [-0.15, -0.1) is 0 Å². The number of carbonyl (C=O) groups excluding carboxylic acids is 2. The van der Waals surface area contributed by atoms with Crippen molar-refractivity contribution in [3.8, 4) is 11.8 Å². The molecule has 37 heavy (non-hydrogen) atoms. The Bertz CT molecular complexity index is 1380. The number of anilines is 2. The van der Waals surface area contributed by atoms with Gasteiger partial charge in [0, 0.05) is 22.6 Å². The number of nitriles is 1. The lowest BCUT2D eigenvalue weighted by molar-refractivity contribution is -0.114. The lowest BCUT2D eigenvalue weighted by Crippen LogP contribution is -2.31. The lowest BCUT2D eigenvalue weighted by atomic mass is 9.82. The van der Waals surface area contributed by atoms with Gasteiger partial charge in [0.2, 0.25) is 5.91 Å². The number of hydrogen-bond donors (Lipinski definition) is 3. The maximum atomic E-state index is 13.5. The predicted octanol–water partition coefficient (Wildman–Crippen LogP) is 5.40. The van der Waals surface area contributed by atoms with Gasteiger partial charge in [0.15, 0.2) is 0 Å². The van der Waals surface area contributed by atoms with Crippen LogP contribution in [-0.4, -0.2) is 24.7 Å². The minimum absolute atomic E-state index is 0.102. The first-order valence-electron chi connectivity index (χ1n) is 11.6. The summed E-state index contributed by atoms with van der Waals surface area (Å²) in [6.45, 7) is 1.80. The van der Waals surface area contributed by atoms with Gasteiger partial charge in [-0.1, -0.05) is 60.3 Å². The van der Waals surface area contributed by atoms with Crippen molar-refractivity contribution >= 4 is 35.0 Å². The number of dihydropyridines is 1. The fourth-order valence-electron chi connectivity index (χ4n) is 4.04. The number of methoxy groups -OCH3 is 1. The lowest BCUT2D eigenvalue weighted by Gasteiger charge is -2.30. The molecule has 7 nitrogen and oxygen atoms in total. The molecular weight excluding hydrogens is 484 g/mol. The number of benzene rings is 3. The Labute approximate surface area is 220 Å². The van der Waals surface area contributed by atoms with E-state index in [1.807, 2.05) is 60.7 Å². The SMILES string of the molecule is COc1ccc(NC(=O)C2=C(C)NC(SCC(=O)Nc3ccccc3)=C(C#N)[C@@H]2c2ccccc2)cc1. The maximum Gasteiger partial charge on any atom is 0.254 e. The minimum Gasteiger partial charge on any atom is -0.497 e. The van der Waals surface area contributed by atoms with Crippen LogP contribution in [0.4, 0.5) is 11.4 Å². The number of nitrogens with zero attached hydrogens (tertiary/aromatic N) is 1. The van der Waals surface area contributed by atoms with Crippen LogP contribution in [0.3, 0.4) is 0 Å². The highest BCUT2D eigenvalue weighted by atomic mass is 32.2. The highest BCUT2D eigenvalue weighted by molar-refractivity contribution is 8.03. The molecule has 3 aromatic rings. The Morgan fingerprint density at radius 1 is 0.946 bits per heavy atom. The quantitative estimate of drug-likeness (QED) is 0.375. The van der Waals surface area contributed by atoms with Crippen molar-refractivity contribution in [3.63, 3.8) is 0 Å². The topological polar surface area (TPSA) is 103 Å². The number of allylic oxidation sites excluding steroid dienone is 2. The number of rotatable bonds is 8. The largest absolute Gasteiger partial charge is 0.497 e. The van der Waals surface area contributed by atoms with E-state index >= 15 is 0 Å². The van der Waals surface area contributed by atoms with Crippen molar-refractivity contribution in [2.45, 2.75) is 12.8 Å². The van der Waals surface area contributed by atoms with Gasteiger partial charge in [-0.3, -0.25) is 9.59 Å². The molecule has 3 N–H and O–H groups in total. The van der Waals surface area contributed by atoms with Crippen LogP contribution in [0.25, 0.3) is 0 Å². The number of ether oxygens (including phenoxy) is 1. The van der Waals surface area contributed by atoms with Crippen LogP contribution in [0, 0.1) is 11.3 Å². The Hall–Kier alpha value is -4.48. The molecule has 0 fully saturated rings. The summed E-state index contributed by atoms with van der Waals surface area (Å²) in [5.74, 6) is -0.316. The smallest absolute Gasteiger partial charge is 0.254 e. The van der Waals surface area contributed by atoms with Crippen LogP contribution in [0.15, 0.2) is 107 Å². The molecule has 3 aromatic carbocycles. The fourth-order valence-corrected chi connectivity index (χ4v) is 4.93. The number of amides is 2. The van der Waals surface area contributed by atoms with E-state index in [9.17, 15) is 14.9 Å². The van der Waals surface area contributed by atoms with E-state index in [1.54, 1.807) is 38.3 Å². The molecule has 0 saturated carbocycles. The minimum atomic E-state index is -0.592. The standard InChI is InChI=1S/C29H26N4O3S/c1-19-26(28(35)33-22-13-15-23(36-2)16-14-22)27(20-9-5-3-6-10-20)24(17-30)29(31-19)37-18-25(34)32-21-11-7-4-8-12-21/h3-16,27,31H,18H2,1-2H3,(H,32,34)(H,33,35)/t27-/m0/s1. The third kappa shape index (κ3) is 6.21. The van der Waals surface area contributed by atoms with Crippen molar-refractivity contribution in [1.82, 2.24) is 5.32 Å². The molecule has 0 aromatic heterocycles. The molecule has 0 saturated heterocycles. The zero-order valence-electron chi connectivity index (χ0n) is 20.4.